The van der Waals surface area contributed by atoms with Crippen LogP contribution in [0.1, 0.15) is 70.8 Å². The van der Waals surface area contributed by atoms with E-state index in [0.717, 1.165) is 44.1 Å². The van der Waals surface area contributed by atoms with Gasteiger partial charge in [0.25, 0.3) is 0 Å². The van der Waals surface area contributed by atoms with Gasteiger partial charge in [0.1, 0.15) is 0 Å². The van der Waals surface area contributed by atoms with E-state index in [1.54, 1.807) is 0 Å². The lowest BCUT2D eigenvalue weighted by Crippen LogP contribution is -2.09. The molecule has 1 aromatic carbocycles. The molecule has 0 aliphatic heterocycles. The smallest absolute Gasteiger partial charge is 0.305 e. The maximum atomic E-state index is 11.7. The molecule has 0 amide bonds. The zero-order valence-corrected chi connectivity index (χ0v) is 17.4. The van der Waals surface area contributed by atoms with Gasteiger partial charge in [0.05, 0.1) is 13.2 Å². The van der Waals surface area contributed by atoms with Crippen LogP contribution in [-0.4, -0.2) is 25.2 Å². The summed E-state index contributed by atoms with van der Waals surface area (Å²) in [6.07, 6.45) is 7.64. The first kappa shape index (κ1) is 23.5. The second-order valence-electron chi connectivity index (χ2n) is 7.30. The van der Waals surface area contributed by atoms with E-state index >= 15 is 0 Å². The molecule has 0 saturated carbocycles. The summed E-state index contributed by atoms with van der Waals surface area (Å²) < 4.78 is 10.4. The van der Waals surface area contributed by atoms with E-state index in [1.807, 2.05) is 38.1 Å². The van der Waals surface area contributed by atoms with Crippen LogP contribution >= 0.6 is 11.6 Å². The first-order valence-corrected chi connectivity index (χ1v) is 10.4. The van der Waals surface area contributed by atoms with Crippen molar-refractivity contribution in [1.29, 1.82) is 0 Å². The maximum absolute atomic E-state index is 11.7. The molecule has 0 heterocycles. The minimum atomic E-state index is -0.128. The quantitative estimate of drug-likeness (QED) is 0.297. The number of carbonyl (C=O) groups excluding carboxylic acids is 2. The van der Waals surface area contributed by atoms with Gasteiger partial charge in [0.15, 0.2) is 0 Å². The highest BCUT2D eigenvalue weighted by Crippen LogP contribution is 2.11. The van der Waals surface area contributed by atoms with E-state index in [4.69, 9.17) is 21.1 Å². The lowest BCUT2D eigenvalue weighted by molar-refractivity contribution is -0.145. The van der Waals surface area contributed by atoms with E-state index in [-0.39, 0.29) is 11.9 Å². The first-order chi connectivity index (χ1) is 13.0. The van der Waals surface area contributed by atoms with Gasteiger partial charge in [-0.25, -0.2) is 0 Å². The number of esters is 2. The van der Waals surface area contributed by atoms with Crippen molar-refractivity contribution in [1.82, 2.24) is 0 Å². The third-order valence-electron chi connectivity index (χ3n) is 4.16. The van der Waals surface area contributed by atoms with Crippen LogP contribution in [0.15, 0.2) is 24.3 Å². The number of carbonyl (C=O) groups is 2. The molecule has 0 spiro atoms. The van der Waals surface area contributed by atoms with E-state index < -0.39 is 0 Å². The summed E-state index contributed by atoms with van der Waals surface area (Å²) in [6.45, 7) is 4.98. The molecule has 0 fully saturated rings. The Labute approximate surface area is 168 Å². The van der Waals surface area contributed by atoms with Gasteiger partial charge in [-0.15, -0.1) is 0 Å². The average Bonchev–Trinajstić information content (AvgIpc) is 2.63. The minimum Gasteiger partial charge on any atom is -0.465 e. The molecule has 1 aromatic rings. The van der Waals surface area contributed by atoms with E-state index in [9.17, 15) is 9.59 Å². The Morgan fingerprint density at radius 3 is 1.93 bits per heavy atom. The molecule has 1 rings (SSSR count). The van der Waals surface area contributed by atoms with Crippen molar-refractivity contribution in [3.8, 4) is 0 Å². The lowest BCUT2D eigenvalue weighted by atomic mass is 10.1. The van der Waals surface area contributed by atoms with Crippen molar-refractivity contribution in [2.75, 3.05) is 13.2 Å². The highest BCUT2D eigenvalue weighted by Gasteiger charge is 2.05. The van der Waals surface area contributed by atoms with Crippen LogP contribution < -0.4 is 0 Å². The fraction of sp³-hybridized carbons (Fsp3) is 0.636. The number of benzene rings is 1. The Hall–Kier alpha value is -1.55. The van der Waals surface area contributed by atoms with Crippen molar-refractivity contribution in [3.05, 3.63) is 34.9 Å². The van der Waals surface area contributed by atoms with Crippen molar-refractivity contribution >= 4 is 23.5 Å². The Bertz CT molecular complexity index is 540. The van der Waals surface area contributed by atoms with E-state index in [2.05, 4.69) is 0 Å². The molecular weight excluding hydrogens is 364 g/mol. The predicted molar refractivity (Wildman–Crippen MR) is 109 cm³/mol. The average molecular weight is 397 g/mol. The Morgan fingerprint density at radius 2 is 1.37 bits per heavy atom. The monoisotopic (exact) mass is 396 g/mol. The van der Waals surface area contributed by atoms with Gasteiger partial charge in [0.2, 0.25) is 0 Å². The number of halogens is 1. The second-order valence-corrected chi connectivity index (χ2v) is 7.73. The summed E-state index contributed by atoms with van der Waals surface area (Å²) in [7, 11) is 0. The van der Waals surface area contributed by atoms with Gasteiger partial charge in [-0.2, -0.15) is 0 Å². The highest BCUT2D eigenvalue weighted by atomic mass is 35.5. The van der Waals surface area contributed by atoms with Gasteiger partial charge >= 0.3 is 11.9 Å². The fourth-order valence-corrected chi connectivity index (χ4v) is 2.71. The van der Waals surface area contributed by atoms with Crippen LogP contribution in [0.3, 0.4) is 0 Å². The number of unbranched alkanes of at least 4 members (excludes halogenated alkanes) is 5. The number of ether oxygens (including phenoxy) is 2. The molecule has 0 N–H and O–H groups in total. The standard InChI is InChI=1S/C22H33ClO4/c1-18(2)17-27-22(25)10-8-6-4-3-5-7-9-21(24)26-16-15-19-11-13-20(23)14-12-19/h11-14,18H,3-10,15-17H2,1-2H3. The van der Waals surface area contributed by atoms with Crippen molar-refractivity contribution in [3.63, 3.8) is 0 Å². The molecule has 0 radical (unpaired) electrons. The van der Waals surface area contributed by atoms with Crippen LogP contribution in [0.2, 0.25) is 5.02 Å². The number of hydrogen-bond acceptors (Lipinski definition) is 4. The molecule has 5 heteroatoms. The Morgan fingerprint density at radius 1 is 0.852 bits per heavy atom. The molecule has 0 aliphatic carbocycles. The van der Waals surface area contributed by atoms with E-state index in [0.29, 0.717) is 43.4 Å². The molecular formula is C22H33ClO4. The maximum Gasteiger partial charge on any atom is 0.305 e. The summed E-state index contributed by atoms with van der Waals surface area (Å²) in [5.74, 6) is 0.167. The zero-order valence-electron chi connectivity index (χ0n) is 16.7. The molecule has 0 unspecified atom stereocenters. The summed E-state index contributed by atoms with van der Waals surface area (Å²) in [5.41, 5.74) is 1.11. The normalized spacial score (nSPS) is 10.8. The van der Waals surface area contributed by atoms with Crippen LogP contribution in [0.4, 0.5) is 0 Å². The second kappa shape index (κ2) is 14.5. The third-order valence-corrected chi connectivity index (χ3v) is 4.41. The molecule has 152 valence electrons. The molecule has 0 aliphatic rings. The molecule has 0 atom stereocenters. The zero-order chi connectivity index (χ0) is 19.9. The summed E-state index contributed by atoms with van der Waals surface area (Å²) in [4.78, 5) is 23.2. The molecule has 0 saturated heterocycles. The SMILES string of the molecule is CC(C)COC(=O)CCCCCCCCC(=O)OCCc1ccc(Cl)cc1. The third kappa shape index (κ3) is 13.3. The van der Waals surface area contributed by atoms with Crippen LogP contribution in [0, 0.1) is 5.92 Å². The molecule has 0 aromatic heterocycles. The van der Waals surface area contributed by atoms with E-state index in [1.165, 1.54) is 0 Å². The summed E-state index contributed by atoms with van der Waals surface area (Å²) >= 11 is 5.84. The fourth-order valence-electron chi connectivity index (χ4n) is 2.58. The van der Waals surface area contributed by atoms with Gasteiger partial charge in [-0.3, -0.25) is 9.59 Å². The van der Waals surface area contributed by atoms with Gasteiger partial charge in [-0.1, -0.05) is 63.3 Å². The molecule has 0 bridgehead atoms. The summed E-state index contributed by atoms with van der Waals surface area (Å²) in [5, 5.41) is 0.710. The first-order valence-electron chi connectivity index (χ1n) is 10.0. The Balaban J connectivity index is 1.90. The topological polar surface area (TPSA) is 52.6 Å². The van der Waals surface area contributed by atoms with Crippen molar-refractivity contribution in [2.24, 2.45) is 5.92 Å². The van der Waals surface area contributed by atoms with Gasteiger partial charge in [-0.05, 0) is 36.5 Å². The van der Waals surface area contributed by atoms with Gasteiger partial charge < -0.3 is 9.47 Å². The predicted octanol–water partition coefficient (Wildman–Crippen LogP) is 5.75. The highest BCUT2D eigenvalue weighted by molar-refractivity contribution is 6.30. The molecule has 27 heavy (non-hydrogen) atoms. The minimum absolute atomic E-state index is 0.0926. The van der Waals surface area contributed by atoms with Crippen molar-refractivity contribution in [2.45, 2.75) is 71.6 Å². The van der Waals surface area contributed by atoms with Gasteiger partial charge in [0, 0.05) is 24.3 Å². The van der Waals surface area contributed by atoms with Crippen LogP contribution in [-0.2, 0) is 25.5 Å². The Kier molecular flexibility index (Phi) is 12.6. The summed E-state index contributed by atoms with van der Waals surface area (Å²) in [6, 6.07) is 7.57. The largest absolute Gasteiger partial charge is 0.465 e. The van der Waals surface area contributed by atoms with Crippen LogP contribution in [0.25, 0.3) is 0 Å². The molecule has 4 nitrogen and oxygen atoms in total. The number of hydrogen-bond donors (Lipinski definition) is 0. The number of rotatable bonds is 14. The lowest BCUT2D eigenvalue weighted by Gasteiger charge is -2.07. The van der Waals surface area contributed by atoms with Crippen LogP contribution in [0.5, 0.6) is 0 Å². The van der Waals surface area contributed by atoms with Crippen molar-refractivity contribution < 1.29 is 19.1 Å².